The maximum atomic E-state index is 14.2. The van der Waals surface area contributed by atoms with Crippen LogP contribution in [0.2, 0.25) is 0 Å². The van der Waals surface area contributed by atoms with Crippen LogP contribution in [0.3, 0.4) is 0 Å². The molecule has 1 unspecified atom stereocenters. The van der Waals surface area contributed by atoms with E-state index in [0.29, 0.717) is 24.5 Å². The smallest absolute Gasteiger partial charge is 0.408 e. The lowest BCUT2D eigenvalue weighted by Crippen LogP contribution is -2.50. The van der Waals surface area contributed by atoms with Crippen LogP contribution >= 0.6 is 0 Å². The van der Waals surface area contributed by atoms with E-state index in [4.69, 9.17) is 4.42 Å². The minimum Gasteiger partial charge on any atom is -0.408 e. The van der Waals surface area contributed by atoms with Gasteiger partial charge in [0, 0.05) is 26.1 Å². The highest BCUT2D eigenvalue weighted by Crippen LogP contribution is 2.23. The fraction of sp³-hybridized carbons (Fsp3) is 0.350. The van der Waals surface area contributed by atoms with Gasteiger partial charge in [-0.2, -0.15) is 0 Å². The minimum atomic E-state index is -0.823. The van der Waals surface area contributed by atoms with Crippen LogP contribution in [0.25, 0.3) is 11.1 Å². The van der Waals surface area contributed by atoms with Gasteiger partial charge in [-0.3, -0.25) is 9.88 Å². The Bertz CT molecular complexity index is 897. The summed E-state index contributed by atoms with van der Waals surface area (Å²) in [6.45, 7) is 2.35. The summed E-state index contributed by atoms with van der Waals surface area (Å²) in [4.78, 5) is 16.1. The number of nitrogens with zero attached hydrogens (tertiary/aromatic N) is 1. The van der Waals surface area contributed by atoms with Crippen LogP contribution < -0.4 is 5.76 Å². The Morgan fingerprint density at radius 1 is 1.16 bits per heavy atom. The lowest BCUT2D eigenvalue weighted by molar-refractivity contribution is 0.0707. The first kappa shape index (κ1) is 16.1. The predicted octanol–water partition coefficient (Wildman–Crippen LogP) is 3.18. The summed E-state index contributed by atoms with van der Waals surface area (Å²) in [5.74, 6) is 0.120. The van der Waals surface area contributed by atoms with E-state index in [1.165, 1.54) is 5.56 Å². The molecular formula is C20H21FN2O2. The van der Waals surface area contributed by atoms with Crippen molar-refractivity contribution in [1.29, 1.82) is 0 Å². The molecule has 2 aromatic carbocycles. The molecular weight excluding hydrogens is 319 g/mol. The van der Waals surface area contributed by atoms with E-state index in [1.54, 1.807) is 0 Å². The molecule has 0 radical (unpaired) electrons. The number of hydrogen-bond donors (Lipinski definition) is 1. The van der Waals surface area contributed by atoms with Crippen LogP contribution in [-0.2, 0) is 12.8 Å². The number of likely N-dealkylation sites (tertiary alicyclic amines) is 1. The highest BCUT2D eigenvalue weighted by atomic mass is 19.1. The molecule has 3 aromatic rings. The van der Waals surface area contributed by atoms with Crippen molar-refractivity contribution in [3.63, 3.8) is 0 Å². The normalized spacial score (nSPS) is 16.8. The zero-order chi connectivity index (χ0) is 17.2. The third kappa shape index (κ3) is 3.82. The topological polar surface area (TPSA) is 49.2 Å². The van der Waals surface area contributed by atoms with Gasteiger partial charge in [-0.05, 0) is 35.6 Å². The van der Waals surface area contributed by atoms with Gasteiger partial charge in [0.05, 0.1) is 5.52 Å². The Balaban J connectivity index is 1.26. The molecule has 0 saturated carbocycles. The minimum absolute atomic E-state index is 0.422. The second-order valence-corrected chi connectivity index (χ2v) is 6.92. The summed E-state index contributed by atoms with van der Waals surface area (Å²) in [5, 5.41) is 0. The molecule has 1 N–H and O–H groups in total. The maximum absolute atomic E-state index is 14.2. The van der Waals surface area contributed by atoms with Gasteiger partial charge in [-0.25, -0.2) is 9.18 Å². The summed E-state index contributed by atoms with van der Waals surface area (Å²) in [5.41, 5.74) is 3.56. The van der Waals surface area contributed by atoms with E-state index < -0.39 is 11.9 Å². The van der Waals surface area contributed by atoms with E-state index in [9.17, 15) is 9.18 Å². The number of oxazole rings is 1. The molecule has 25 heavy (non-hydrogen) atoms. The average Bonchev–Trinajstić information content (AvgIpc) is 2.93. The number of H-pyrrole nitrogens is 1. The number of hydrogen-bond acceptors (Lipinski definition) is 3. The van der Waals surface area contributed by atoms with Crippen molar-refractivity contribution >= 4 is 11.1 Å². The summed E-state index contributed by atoms with van der Waals surface area (Å²) < 4.78 is 19.2. The van der Waals surface area contributed by atoms with Crippen LogP contribution in [-0.4, -0.2) is 35.7 Å². The van der Waals surface area contributed by atoms with Crippen molar-refractivity contribution in [2.45, 2.75) is 19.0 Å². The lowest BCUT2D eigenvalue weighted by atomic mass is 9.91. The quantitative estimate of drug-likeness (QED) is 0.750. The van der Waals surface area contributed by atoms with Crippen molar-refractivity contribution in [2.24, 2.45) is 5.92 Å². The average molecular weight is 340 g/mol. The highest BCUT2D eigenvalue weighted by Gasteiger charge is 2.28. The number of aromatic amines is 1. The van der Waals surface area contributed by atoms with Crippen LogP contribution in [0.1, 0.15) is 11.1 Å². The number of fused-ring (bicyclic) bond motifs is 1. The molecule has 1 aromatic heterocycles. The number of benzene rings is 2. The molecule has 1 saturated heterocycles. The Labute approximate surface area is 145 Å². The molecule has 1 atom stereocenters. The Morgan fingerprint density at radius 2 is 1.96 bits per heavy atom. The van der Waals surface area contributed by atoms with Gasteiger partial charge in [-0.15, -0.1) is 0 Å². The van der Waals surface area contributed by atoms with Crippen LogP contribution in [0.5, 0.6) is 0 Å². The summed E-state index contributed by atoms with van der Waals surface area (Å²) in [7, 11) is 0. The molecule has 1 fully saturated rings. The van der Waals surface area contributed by atoms with Crippen molar-refractivity contribution in [2.75, 3.05) is 19.6 Å². The summed E-state index contributed by atoms with van der Waals surface area (Å²) >= 11 is 0. The lowest BCUT2D eigenvalue weighted by Gasteiger charge is -2.40. The molecule has 1 aliphatic rings. The first-order valence-electron chi connectivity index (χ1n) is 8.68. The number of nitrogens with one attached hydrogen (secondary N) is 1. The van der Waals surface area contributed by atoms with Crippen molar-refractivity contribution < 1.29 is 8.81 Å². The summed E-state index contributed by atoms with van der Waals surface area (Å²) in [6.07, 6.45) is 0.595. The second-order valence-electron chi connectivity index (χ2n) is 6.92. The molecule has 0 amide bonds. The Kier molecular flexibility index (Phi) is 4.40. The molecule has 130 valence electrons. The van der Waals surface area contributed by atoms with E-state index in [-0.39, 0.29) is 0 Å². The second kappa shape index (κ2) is 6.84. The summed E-state index contributed by atoms with van der Waals surface area (Å²) in [6, 6.07) is 15.6. The molecule has 0 spiro atoms. The van der Waals surface area contributed by atoms with Gasteiger partial charge in [0.2, 0.25) is 0 Å². The molecule has 5 heteroatoms. The van der Waals surface area contributed by atoms with Crippen molar-refractivity contribution in [1.82, 2.24) is 9.88 Å². The van der Waals surface area contributed by atoms with Gasteiger partial charge < -0.3 is 4.42 Å². The van der Waals surface area contributed by atoms with Gasteiger partial charge in [0.25, 0.3) is 0 Å². The third-order valence-electron chi connectivity index (χ3n) is 4.80. The predicted molar refractivity (Wildman–Crippen MR) is 95.5 cm³/mol. The zero-order valence-electron chi connectivity index (χ0n) is 14.0. The number of rotatable bonds is 6. The Hall–Kier alpha value is -2.40. The zero-order valence-corrected chi connectivity index (χ0v) is 14.0. The fourth-order valence-corrected chi connectivity index (χ4v) is 3.63. The molecule has 4 rings (SSSR count). The standard InChI is InChI=1S/C20H21FN2O2/c21-17(9-14-4-2-1-3-5-14)13-23-11-16(12-23)8-15-6-7-19-18(10-15)22-20(24)25-19/h1-7,10,16-17H,8-9,11-13H2,(H,22,24). The van der Waals surface area contributed by atoms with E-state index >= 15 is 0 Å². The van der Waals surface area contributed by atoms with Crippen LogP contribution in [0, 0.1) is 5.92 Å². The monoisotopic (exact) mass is 340 g/mol. The SMILES string of the molecule is O=c1[nH]c2cc(CC3CN(CC(F)Cc4ccccc4)C3)ccc2o1. The van der Waals surface area contributed by atoms with Gasteiger partial charge in [0.1, 0.15) is 6.17 Å². The molecule has 2 heterocycles. The van der Waals surface area contributed by atoms with Gasteiger partial charge in [-0.1, -0.05) is 36.4 Å². The van der Waals surface area contributed by atoms with E-state index in [1.807, 2.05) is 48.5 Å². The third-order valence-corrected chi connectivity index (χ3v) is 4.80. The Morgan fingerprint density at radius 3 is 2.76 bits per heavy atom. The number of aromatic nitrogens is 1. The first-order valence-corrected chi connectivity index (χ1v) is 8.68. The molecule has 4 nitrogen and oxygen atoms in total. The van der Waals surface area contributed by atoms with Crippen molar-refractivity contribution in [3.8, 4) is 0 Å². The van der Waals surface area contributed by atoms with Gasteiger partial charge in [0.15, 0.2) is 5.58 Å². The van der Waals surface area contributed by atoms with E-state index in [0.717, 1.165) is 30.6 Å². The molecule has 0 bridgehead atoms. The maximum Gasteiger partial charge on any atom is 0.417 e. The van der Waals surface area contributed by atoms with Gasteiger partial charge >= 0.3 is 5.76 Å². The number of halogens is 1. The molecule has 0 aliphatic carbocycles. The first-order chi connectivity index (χ1) is 12.2. The largest absolute Gasteiger partial charge is 0.417 e. The van der Waals surface area contributed by atoms with Crippen LogP contribution in [0.15, 0.2) is 57.7 Å². The fourth-order valence-electron chi connectivity index (χ4n) is 3.63. The van der Waals surface area contributed by atoms with Crippen molar-refractivity contribution in [3.05, 3.63) is 70.2 Å². The number of alkyl halides is 1. The highest BCUT2D eigenvalue weighted by molar-refractivity contribution is 5.72. The molecule has 1 aliphatic heterocycles. The van der Waals surface area contributed by atoms with E-state index in [2.05, 4.69) is 9.88 Å². The van der Waals surface area contributed by atoms with Crippen LogP contribution in [0.4, 0.5) is 4.39 Å².